The number of carbonyl (C=O) groups is 1. The third-order valence-electron chi connectivity index (χ3n) is 2.62. The van der Waals surface area contributed by atoms with E-state index in [1.165, 1.54) is 0 Å². The first-order valence-electron chi connectivity index (χ1n) is 5.55. The Morgan fingerprint density at radius 1 is 1.47 bits per heavy atom. The Labute approximate surface area is 91.7 Å². The number of hydrogen-bond donors (Lipinski definition) is 0. The number of aromatic nitrogens is 1. The van der Waals surface area contributed by atoms with Gasteiger partial charge in [0.25, 0.3) is 0 Å². The molecular formula is C13H19NO. The monoisotopic (exact) mass is 205 g/mol. The molecule has 1 aromatic heterocycles. The minimum absolute atomic E-state index is 0.292. The summed E-state index contributed by atoms with van der Waals surface area (Å²) < 4.78 is 0. The molecule has 0 saturated heterocycles. The Morgan fingerprint density at radius 3 is 2.73 bits per heavy atom. The van der Waals surface area contributed by atoms with E-state index in [-0.39, 0.29) is 0 Å². The van der Waals surface area contributed by atoms with Crippen LogP contribution >= 0.6 is 0 Å². The highest BCUT2D eigenvalue weighted by atomic mass is 16.1. The highest BCUT2D eigenvalue weighted by molar-refractivity contribution is 5.80. The van der Waals surface area contributed by atoms with E-state index >= 15 is 0 Å². The van der Waals surface area contributed by atoms with E-state index in [1.54, 1.807) is 0 Å². The largest absolute Gasteiger partial charge is 0.299 e. The molecular weight excluding hydrogens is 186 g/mol. The summed E-state index contributed by atoms with van der Waals surface area (Å²) in [5.74, 6) is 0.781. The molecule has 1 atom stereocenters. The Balaban J connectivity index is 2.48. The van der Waals surface area contributed by atoms with Gasteiger partial charge >= 0.3 is 0 Å². The van der Waals surface area contributed by atoms with E-state index in [4.69, 9.17) is 0 Å². The molecule has 0 aliphatic heterocycles. The first-order valence-corrected chi connectivity index (χ1v) is 5.55. The highest BCUT2D eigenvalue weighted by Crippen LogP contribution is 2.09. The number of rotatable bonds is 5. The van der Waals surface area contributed by atoms with Crippen molar-refractivity contribution < 1.29 is 4.79 Å². The van der Waals surface area contributed by atoms with Crippen molar-refractivity contribution in [3.05, 3.63) is 29.6 Å². The number of aryl methyl sites for hydroxylation is 1. The SMILES string of the molecule is CCC(C)CC(=O)Cc1ccc(C)cn1. The van der Waals surface area contributed by atoms with Crippen LogP contribution in [0.3, 0.4) is 0 Å². The van der Waals surface area contributed by atoms with Gasteiger partial charge in [0, 0.05) is 24.7 Å². The van der Waals surface area contributed by atoms with Gasteiger partial charge in [-0.1, -0.05) is 26.3 Å². The summed E-state index contributed by atoms with van der Waals surface area (Å²) in [5, 5.41) is 0. The van der Waals surface area contributed by atoms with Crippen LogP contribution in [-0.2, 0) is 11.2 Å². The van der Waals surface area contributed by atoms with Gasteiger partial charge in [-0.15, -0.1) is 0 Å². The fourth-order valence-electron chi connectivity index (χ4n) is 1.41. The van der Waals surface area contributed by atoms with Gasteiger partial charge in [0.1, 0.15) is 5.78 Å². The lowest BCUT2D eigenvalue weighted by atomic mass is 9.99. The van der Waals surface area contributed by atoms with Crippen LogP contribution < -0.4 is 0 Å². The normalized spacial score (nSPS) is 12.5. The summed E-state index contributed by atoms with van der Waals surface area (Å²) in [6.45, 7) is 6.22. The van der Waals surface area contributed by atoms with Gasteiger partial charge in [-0.25, -0.2) is 0 Å². The van der Waals surface area contributed by atoms with Crippen molar-refractivity contribution in [1.29, 1.82) is 0 Å². The average molecular weight is 205 g/mol. The molecule has 82 valence electrons. The molecule has 0 spiro atoms. The quantitative estimate of drug-likeness (QED) is 0.739. The summed E-state index contributed by atoms with van der Waals surface area (Å²) in [5.41, 5.74) is 2.02. The molecule has 1 unspecified atom stereocenters. The van der Waals surface area contributed by atoms with Gasteiger partial charge in [-0.05, 0) is 24.5 Å². The maximum absolute atomic E-state index is 11.6. The zero-order chi connectivity index (χ0) is 11.3. The maximum atomic E-state index is 11.6. The highest BCUT2D eigenvalue weighted by Gasteiger charge is 2.08. The molecule has 0 radical (unpaired) electrons. The fraction of sp³-hybridized carbons (Fsp3) is 0.538. The minimum atomic E-state index is 0.292. The standard InChI is InChI=1S/C13H19NO/c1-4-10(2)7-13(15)8-12-6-5-11(3)9-14-12/h5-6,9-10H,4,7-8H2,1-3H3. The van der Waals surface area contributed by atoms with Crippen molar-refractivity contribution in [2.45, 2.75) is 40.0 Å². The van der Waals surface area contributed by atoms with Gasteiger partial charge in [0.15, 0.2) is 0 Å². The van der Waals surface area contributed by atoms with Crippen molar-refractivity contribution in [3.63, 3.8) is 0 Å². The van der Waals surface area contributed by atoms with E-state index < -0.39 is 0 Å². The molecule has 0 aliphatic rings. The van der Waals surface area contributed by atoms with E-state index in [0.717, 1.165) is 17.7 Å². The molecule has 1 rings (SSSR count). The zero-order valence-electron chi connectivity index (χ0n) is 9.79. The molecule has 2 heteroatoms. The van der Waals surface area contributed by atoms with Crippen molar-refractivity contribution in [2.24, 2.45) is 5.92 Å². The van der Waals surface area contributed by atoms with Crippen LogP contribution in [-0.4, -0.2) is 10.8 Å². The summed E-state index contributed by atoms with van der Waals surface area (Å²) in [4.78, 5) is 15.9. The second kappa shape index (κ2) is 5.64. The van der Waals surface area contributed by atoms with Crippen molar-refractivity contribution >= 4 is 5.78 Å². The van der Waals surface area contributed by atoms with Crippen molar-refractivity contribution in [1.82, 2.24) is 4.98 Å². The molecule has 0 N–H and O–H groups in total. The predicted molar refractivity (Wildman–Crippen MR) is 61.8 cm³/mol. The summed E-state index contributed by atoms with van der Waals surface area (Å²) in [7, 11) is 0. The van der Waals surface area contributed by atoms with Gasteiger partial charge in [-0.3, -0.25) is 9.78 Å². The van der Waals surface area contributed by atoms with Gasteiger partial charge in [0.05, 0.1) is 0 Å². The van der Waals surface area contributed by atoms with Gasteiger partial charge in [-0.2, -0.15) is 0 Å². The number of Topliss-reactive ketones (excluding diaryl/α,β-unsaturated/α-hetero) is 1. The van der Waals surface area contributed by atoms with E-state index in [2.05, 4.69) is 18.8 Å². The molecule has 0 fully saturated rings. The van der Waals surface area contributed by atoms with Crippen LogP contribution in [0, 0.1) is 12.8 Å². The average Bonchev–Trinajstić information content (AvgIpc) is 2.21. The van der Waals surface area contributed by atoms with E-state index in [0.29, 0.717) is 24.5 Å². The Hall–Kier alpha value is -1.18. The third kappa shape index (κ3) is 4.24. The lowest BCUT2D eigenvalue weighted by molar-refractivity contribution is -0.119. The predicted octanol–water partition coefficient (Wildman–Crippen LogP) is 2.94. The van der Waals surface area contributed by atoms with Crippen molar-refractivity contribution in [2.75, 3.05) is 0 Å². The second-order valence-electron chi connectivity index (χ2n) is 4.26. The van der Waals surface area contributed by atoms with Crippen LogP contribution in [0.5, 0.6) is 0 Å². The first kappa shape index (κ1) is 11.9. The Bertz CT molecular complexity index is 316. The van der Waals surface area contributed by atoms with Gasteiger partial charge in [0.2, 0.25) is 0 Å². The van der Waals surface area contributed by atoms with Crippen LogP contribution in [0.2, 0.25) is 0 Å². The number of ketones is 1. The molecule has 0 saturated carbocycles. The molecule has 0 aromatic carbocycles. The van der Waals surface area contributed by atoms with Crippen molar-refractivity contribution in [3.8, 4) is 0 Å². The smallest absolute Gasteiger partial charge is 0.139 e. The van der Waals surface area contributed by atoms with E-state index in [1.807, 2.05) is 25.3 Å². The lowest BCUT2D eigenvalue weighted by Gasteiger charge is -2.06. The Kier molecular flexibility index (Phi) is 4.47. The van der Waals surface area contributed by atoms with Crippen LogP contribution in [0.4, 0.5) is 0 Å². The molecule has 0 aliphatic carbocycles. The fourth-order valence-corrected chi connectivity index (χ4v) is 1.41. The first-order chi connectivity index (χ1) is 7.11. The van der Waals surface area contributed by atoms with Crippen LogP contribution in [0.1, 0.15) is 37.9 Å². The third-order valence-corrected chi connectivity index (χ3v) is 2.62. The lowest BCUT2D eigenvalue weighted by Crippen LogP contribution is -2.08. The molecule has 0 amide bonds. The number of hydrogen-bond acceptors (Lipinski definition) is 2. The van der Waals surface area contributed by atoms with E-state index in [9.17, 15) is 4.79 Å². The molecule has 2 nitrogen and oxygen atoms in total. The number of carbonyl (C=O) groups excluding carboxylic acids is 1. The van der Waals surface area contributed by atoms with Crippen LogP contribution in [0.25, 0.3) is 0 Å². The van der Waals surface area contributed by atoms with Gasteiger partial charge < -0.3 is 0 Å². The second-order valence-corrected chi connectivity index (χ2v) is 4.26. The zero-order valence-corrected chi connectivity index (χ0v) is 9.79. The van der Waals surface area contributed by atoms with Crippen LogP contribution in [0.15, 0.2) is 18.3 Å². The summed E-state index contributed by atoms with van der Waals surface area (Å²) >= 11 is 0. The summed E-state index contributed by atoms with van der Waals surface area (Å²) in [6, 6.07) is 3.93. The minimum Gasteiger partial charge on any atom is -0.299 e. The topological polar surface area (TPSA) is 30.0 Å². The number of nitrogens with zero attached hydrogens (tertiary/aromatic N) is 1. The summed E-state index contributed by atoms with van der Waals surface area (Å²) in [6.07, 6.45) is 4.02. The number of pyridine rings is 1. The maximum Gasteiger partial charge on any atom is 0.139 e. The molecule has 15 heavy (non-hydrogen) atoms. The Morgan fingerprint density at radius 2 is 2.20 bits per heavy atom. The molecule has 1 aromatic rings. The molecule has 1 heterocycles. The molecule has 0 bridgehead atoms.